The Morgan fingerprint density at radius 3 is 2.53 bits per heavy atom. The molecule has 2 heterocycles. The van der Waals surface area contributed by atoms with E-state index < -0.39 is 5.60 Å². The van der Waals surface area contributed by atoms with Crippen LogP contribution in [-0.2, 0) is 14.3 Å². The SMILES string of the molecule is CC(C)(C)OC(=O)C1CNC(C)(C2CCOCC2)C1. The van der Waals surface area contributed by atoms with E-state index in [1.165, 1.54) is 0 Å². The van der Waals surface area contributed by atoms with Gasteiger partial charge in [0.1, 0.15) is 5.60 Å². The summed E-state index contributed by atoms with van der Waals surface area (Å²) >= 11 is 0. The summed E-state index contributed by atoms with van der Waals surface area (Å²) in [6.45, 7) is 10.4. The Morgan fingerprint density at radius 2 is 1.95 bits per heavy atom. The van der Waals surface area contributed by atoms with Crippen molar-refractivity contribution in [1.29, 1.82) is 0 Å². The van der Waals surface area contributed by atoms with Crippen molar-refractivity contribution < 1.29 is 14.3 Å². The second kappa shape index (κ2) is 5.41. The lowest BCUT2D eigenvalue weighted by molar-refractivity contribution is -0.159. The van der Waals surface area contributed by atoms with Crippen LogP contribution in [0.2, 0.25) is 0 Å². The summed E-state index contributed by atoms with van der Waals surface area (Å²) in [5.74, 6) is 0.538. The van der Waals surface area contributed by atoms with Crippen molar-refractivity contribution in [2.75, 3.05) is 19.8 Å². The Balaban J connectivity index is 1.93. The molecule has 19 heavy (non-hydrogen) atoms. The molecule has 110 valence electrons. The Bertz CT molecular complexity index is 331. The number of esters is 1. The van der Waals surface area contributed by atoms with Crippen LogP contribution in [0.25, 0.3) is 0 Å². The van der Waals surface area contributed by atoms with E-state index in [2.05, 4.69) is 12.2 Å². The van der Waals surface area contributed by atoms with Crippen molar-refractivity contribution in [1.82, 2.24) is 5.32 Å². The summed E-state index contributed by atoms with van der Waals surface area (Å²) < 4.78 is 10.9. The van der Waals surface area contributed by atoms with E-state index in [4.69, 9.17) is 9.47 Å². The zero-order valence-electron chi connectivity index (χ0n) is 12.6. The van der Waals surface area contributed by atoms with Gasteiger partial charge in [-0.15, -0.1) is 0 Å². The topological polar surface area (TPSA) is 47.6 Å². The monoisotopic (exact) mass is 269 g/mol. The average molecular weight is 269 g/mol. The Hall–Kier alpha value is -0.610. The molecule has 2 atom stereocenters. The van der Waals surface area contributed by atoms with Gasteiger partial charge in [0.25, 0.3) is 0 Å². The molecular formula is C15H27NO3. The zero-order chi connectivity index (χ0) is 14.1. The highest BCUT2D eigenvalue weighted by Crippen LogP contribution is 2.37. The fraction of sp³-hybridized carbons (Fsp3) is 0.933. The van der Waals surface area contributed by atoms with Gasteiger partial charge in [0.15, 0.2) is 0 Å². The largest absolute Gasteiger partial charge is 0.460 e. The first-order valence-electron chi connectivity index (χ1n) is 7.36. The van der Waals surface area contributed by atoms with Crippen LogP contribution in [0, 0.1) is 11.8 Å². The van der Waals surface area contributed by atoms with Gasteiger partial charge in [0.05, 0.1) is 5.92 Å². The quantitative estimate of drug-likeness (QED) is 0.780. The average Bonchev–Trinajstić information content (AvgIpc) is 2.73. The van der Waals surface area contributed by atoms with Crippen LogP contribution < -0.4 is 5.32 Å². The lowest BCUT2D eigenvalue weighted by Gasteiger charge is -2.37. The predicted octanol–water partition coefficient (Wildman–Crippen LogP) is 2.12. The molecule has 2 saturated heterocycles. The van der Waals surface area contributed by atoms with Gasteiger partial charge in [0.2, 0.25) is 0 Å². The third kappa shape index (κ3) is 3.69. The van der Waals surface area contributed by atoms with E-state index >= 15 is 0 Å². The number of nitrogens with one attached hydrogen (secondary N) is 1. The van der Waals surface area contributed by atoms with Gasteiger partial charge in [0, 0.05) is 25.3 Å². The highest BCUT2D eigenvalue weighted by molar-refractivity contribution is 5.73. The number of rotatable bonds is 2. The molecule has 0 saturated carbocycles. The maximum Gasteiger partial charge on any atom is 0.310 e. The van der Waals surface area contributed by atoms with Gasteiger partial charge in [-0.3, -0.25) is 4.79 Å². The molecule has 2 rings (SSSR count). The number of carbonyl (C=O) groups is 1. The summed E-state index contributed by atoms with van der Waals surface area (Å²) in [5, 5.41) is 3.56. The summed E-state index contributed by atoms with van der Waals surface area (Å²) in [6, 6.07) is 0. The van der Waals surface area contributed by atoms with Gasteiger partial charge in [-0.2, -0.15) is 0 Å². The number of hydrogen-bond donors (Lipinski definition) is 1. The van der Waals surface area contributed by atoms with E-state index in [0.717, 1.165) is 39.0 Å². The molecule has 2 aliphatic heterocycles. The van der Waals surface area contributed by atoms with Crippen LogP contribution in [0.5, 0.6) is 0 Å². The molecule has 0 spiro atoms. The van der Waals surface area contributed by atoms with E-state index in [9.17, 15) is 4.79 Å². The van der Waals surface area contributed by atoms with Gasteiger partial charge < -0.3 is 14.8 Å². The molecule has 0 bridgehead atoms. The van der Waals surface area contributed by atoms with Crippen molar-refractivity contribution in [3.05, 3.63) is 0 Å². The van der Waals surface area contributed by atoms with Crippen molar-refractivity contribution in [3.8, 4) is 0 Å². The minimum Gasteiger partial charge on any atom is -0.460 e. The Kier molecular flexibility index (Phi) is 4.21. The Labute approximate surface area is 116 Å². The van der Waals surface area contributed by atoms with Crippen molar-refractivity contribution in [2.45, 2.75) is 58.1 Å². The highest BCUT2D eigenvalue weighted by Gasteiger charge is 2.44. The normalized spacial score (nSPS) is 33.4. The molecule has 0 aromatic rings. The third-order valence-electron chi connectivity index (χ3n) is 4.29. The lowest BCUT2D eigenvalue weighted by atomic mass is 9.78. The minimum absolute atomic E-state index is 0.00734. The first-order chi connectivity index (χ1) is 8.80. The number of hydrogen-bond acceptors (Lipinski definition) is 4. The molecule has 2 fully saturated rings. The molecule has 4 nitrogen and oxygen atoms in total. The van der Waals surface area contributed by atoms with E-state index in [0.29, 0.717) is 5.92 Å². The molecule has 0 radical (unpaired) electrons. The van der Waals surface area contributed by atoms with Crippen molar-refractivity contribution in [2.24, 2.45) is 11.8 Å². The smallest absolute Gasteiger partial charge is 0.310 e. The standard InChI is InChI=1S/C15H27NO3/c1-14(2,3)19-13(17)11-9-15(4,16-10-11)12-5-7-18-8-6-12/h11-12,16H,5-10H2,1-4H3. The summed E-state index contributed by atoms with van der Waals surface area (Å²) in [4.78, 5) is 12.1. The summed E-state index contributed by atoms with van der Waals surface area (Å²) in [7, 11) is 0. The lowest BCUT2D eigenvalue weighted by Crippen LogP contribution is -2.46. The number of ether oxygens (including phenoxy) is 2. The second-order valence-electron chi connectivity index (χ2n) is 7.12. The van der Waals surface area contributed by atoms with E-state index in [-0.39, 0.29) is 17.4 Å². The molecule has 0 aliphatic carbocycles. The molecule has 1 N–H and O–H groups in total. The fourth-order valence-electron chi connectivity index (χ4n) is 3.21. The van der Waals surface area contributed by atoms with Crippen LogP contribution in [0.3, 0.4) is 0 Å². The maximum atomic E-state index is 12.1. The first kappa shape index (κ1) is 14.8. The van der Waals surface area contributed by atoms with E-state index in [1.807, 2.05) is 20.8 Å². The molecule has 2 aliphatic rings. The van der Waals surface area contributed by atoms with Crippen LogP contribution in [0.1, 0.15) is 47.0 Å². The molecule has 2 unspecified atom stereocenters. The van der Waals surface area contributed by atoms with Crippen molar-refractivity contribution in [3.63, 3.8) is 0 Å². The van der Waals surface area contributed by atoms with Crippen molar-refractivity contribution >= 4 is 5.97 Å². The predicted molar refractivity (Wildman–Crippen MR) is 73.9 cm³/mol. The second-order valence-corrected chi connectivity index (χ2v) is 7.12. The zero-order valence-corrected chi connectivity index (χ0v) is 12.6. The highest BCUT2D eigenvalue weighted by atomic mass is 16.6. The Morgan fingerprint density at radius 1 is 1.32 bits per heavy atom. The summed E-state index contributed by atoms with van der Waals surface area (Å²) in [5.41, 5.74) is -0.333. The third-order valence-corrected chi connectivity index (χ3v) is 4.29. The molecule has 0 aromatic carbocycles. The molecule has 4 heteroatoms. The molecule has 0 amide bonds. The number of carbonyl (C=O) groups excluding carboxylic acids is 1. The first-order valence-corrected chi connectivity index (χ1v) is 7.36. The van der Waals surface area contributed by atoms with Gasteiger partial charge >= 0.3 is 5.97 Å². The van der Waals surface area contributed by atoms with Gasteiger partial charge in [-0.1, -0.05) is 0 Å². The van der Waals surface area contributed by atoms with Crippen LogP contribution >= 0.6 is 0 Å². The molecule has 0 aromatic heterocycles. The fourth-order valence-corrected chi connectivity index (χ4v) is 3.21. The summed E-state index contributed by atoms with van der Waals surface area (Å²) in [6.07, 6.45) is 3.06. The van der Waals surface area contributed by atoms with Gasteiger partial charge in [-0.05, 0) is 52.9 Å². The van der Waals surface area contributed by atoms with Crippen LogP contribution in [0.15, 0.2) is 0 Å². The maximum absolute atomic E-state index is 12.1. The van der Waals surface area contributed by atoms with Crippen LogP contribution in [-0.4, -0.2) is 36.9 Å². The van der Waals surface area contributed by atoms with Crippen LogP contribution in [0.4, 0.5) is 0 Å². The molecular weight excluding hydrogens is 242 g/mol. The van der Waals surface area contributed by atoms with Gasteiger partial charge in [-0.25, -0.2) is 0 Å². The van der Waals surface area contributed by atoms with E-state index in [1.54, 1.807) is 0 Å². The minimum atomic E-state index is -0.394.